The molecule has 1 nitrogen and oxygen atoms in total. The van der Waals surface area contributed by atoms with Gasteiger partial charge in [-0.1, -0.05) is 71.0 Å². The average molecular weight is 241 g/mol. The summed E-state index contributed by atoms with van der Waals surface area (Å²) in [5.74, 6) is 0. The van der Waals surface area contributed by atoms with Crippen molar-refractivity contribution in [2.24, 2.45) is 0 Å². The molecular weight excluding hydrogens is 224 g/mol. The predicted molar refractivity (Wildman–Crippen MR) is 74.4 cm³/mol. The van der Waals surface area contributed by atoms with Crippen LogP contribution in [0.15, 0.2) is 60.7 Å². The molecule has 0 heterocycles. The van der Waals surface area contributed by atoms with Crippen molar-refractivity contribution in [3.05, 3.63) is 60.7 Å². The van der Waals surface area contributed by atoms with E-state index in [9.17, 15) is 0 Å². The zero-order valence-corrected chi connectivity index (χ0v) is 11.1. The maximum Gasteiger partial charge on any atom is 0.150 e. The van der Waals surface area contributed by atoms with Crippen LogP contribution in [0.4, 0.5) is 0 Å². The van der Waals surface area contributed by atoms with E-state index in [1.807, 2.05) is 0 Å². The number of benzene rings is 2. The molecule has 1 radical (unpaired) electrons. The molecule has 0 N–H and O–H groups in total. The third-order valence-corrected chi connectivity index (χ3v) is 5.25. The van der Waals surface area contributed by atoms with Gasteiger partial charge in [0.25, 0.3) is 0 Å². The van der Waals surface area contributed by atoms with Gasteiger partial charge in [-0.25, -0.2) is 0 Å². The van der Waals surface area contributed by atoms with E-state index >= 15 is 0 Å². The molecule has 0 aliphatic carbocycles. The van der Waals surface area contributed by atoms with E-state index in [-0.39, 0.29) is 0 Å². The van der Waals surface area contributed by atoms with Gasteiger partial charge in [-0.2, -0.15) is 0 Å². The Morgan fingerprint density at radius 1 is 0.824 bits per heavy atom. The largest absolute Gasteiger partial charge is 0.384 e. The van der Waals surface area contributed by atoms with E-state index in [1.54, 1.807) is 0 Å². The Morgan fingerprint density at radius 3 is 1.71 bits per heavy atom. The molecule has 2 rings (SSSR count). The minimum Gasteiger partial charge on any atom is -0.384 e. The van der Waals surface area contributed by atoms with Gasteiger partial charge in [0.05, 0.1) is 0 Å². The molecule has 87 valence electrons. The molecule has 2 aromatic carbocycles. The Hall–Kier alpha value is -1.38. The van der Waals surface area contributed by atoms with Crippen LogP contribution < -0.4 is 10.4 Å². The molecule has 0 atom stereocenters. The zero-order valence-electron chi connectivity index (χ0n) is 10.1. The van der Waals surface area contributed by atoms with E-state index in [4.69, 9.17) is 4.74 Å². The van der Waals surface area contributed by atoms with Crippen molar-refractivity contribution >= 4 is 19.2 Å². The topological polar surface area (TPSA) is 9.23 Å². The monoisotopic (exact) mass is 241 g/mol. The zero-order chi connectivity index (χ0) is 11.9. The van der Waals surface area contributed by atoms with Crippen LogP contribution in [0.5, 0.6) is 0 Å². The highest BCUT2D eigenvalue weighted by atomic mass is 28.3. The van der Waals surface area contributed by atoms with E-state index in [0.717, 1.165) is 12.8 Å². The summed E-state index contributed by atoms with van der Waals surface area (Å²) in [7, 11) is -0.785. The molecule has 0 amide bonds. The highest BCUT2D eigenvalue weighted by Crippen LogP contribution is 1.94. The Labute approximate surface area is 105 Å². The van der Waals surface area contributed by atoms with Crippen LogP contribution in [0.3, 0.4) is 0 Å². The molecule has 0 aromatic heterocycles. The minimum absolute atomic E-state index is 0.785. The summed E-state index contributed by atoms with van der Waals surface area (Å²) in [5, 5.41) is 2.83. The summed E-state index contributed by atoms with van der Waals surface area (Å²) in [6.45, 7) is 2.84. The normalized spacial score (nSPS) is 10.7. The van der Waals surface area contributed by atoms with Crippen molar-refractivity contribution in [1.29, 1.82) is 0 Å². The van der Waals surface area contributed by atoms with E-state index in [0.29, 0.717) is 0 Å². The van der Waals surface area contributed by atoms with Gasteiger partial charge in [-0.15, -0.1) is 0 Å². The highest BCUT2D eigenvalue weighted by molar-refractivity contribution is 6.85. The maximum atomic E-state index is 5.65. The third-order valence-electron chi connectivity index (χ3n) is 2.70. The van der Waals surface area contributed by atoms with Crippen molar-refractivity contribution in [1.82, 2.24) is 0 Å². The summed E-state index contributed by atoms with van der Waals surface area (Å²) in [6.07, 6.45) is 0.842. The van der Waals surface area contributed by atoms with Gasteiger partial charge in [0.1, 0.15) is 0 Å². The lowest BCUT2D eigenvalue weighted by molar-refractivity contribution is 0.192. The summed E-state index contributed by atoms with van der Waals surface area (Å²) < 4.78 is 5.65. The van der Waals surface area contributed by atoms with Crippen LogP contribution in [-0.2, 0) is 4.74 Å². The average Bonchev–Trinajstić information content (AvgIpc) is 2.42. The highest BCUT2D eigenvalue weighted by Gasteiger charge is 2.16. The molecular formula is C15H17OSi. The first-order valence-electron chi connectivity index (χ1n) is 5.96. The Bertz CT molecular complexity index is 388. The second-order valence-electron chi connectivity index (χ2n) is 3.85. The number of rotatable bonds is 5. The molecule has 0 saturated carbocycles. The quantitative estimate of drug-likeness (QED) is 0.726. The standard InChI is InChI=1S/C15H17OSi/c1-2-16-13-17(14-9-5-3-6-10-14)15-11-7-4-8-12-15/h3-12H,2,13H2,1H3. The van der Waals surface area contributed by atoms with Crippen molar-refractivity contribution in [2.45, 2.75) is 6.92 Å². The second-order valence-corrected chi connectivity index (χ2v) is 6.25. The van der Waals surface area contributed by atoms with E-state index in [2.05, 4.69) is 67.6 Å². The fourth-order valence-corrected chi connectivity index (χ4v) is 4.08. The summed E-state index contributed by atoms with van der Waals surface area (Å²) in [4.78, 5) is 0. The van der Waals surface area contributed by atoms with Crippen LogP contribution in [-0.4, -0.2) is 21.6 Å². The van der Waals surface area contributed by atoms with Crippen molar-refractivity contribution in [3.63, 3.8) is 0 Å². The maximum absolute atomic E-state index is 5.65. The molecule has 0 fully saturated rings. The smallest absolute Gasteiger partial charge is 0.150 e. The van der Waals surface area contributed by atoms with Gasteiger partial charge < -0.3 is 4.74 Å². The Balaban J connectivity index is 2.26. The number of hydrogen-bond donors (Lipinski definition) is 0. The van der Waals surface area contributed by atoms with Crippen LogP contribution in [0, 0.1) is 0 Å². The van der Waals surface area contributed by atoms with Gasteiger partial charge >= 0.3 is 0 Å². The molecule has 0 aliphatic rings. The lowest BCUT2D eigenvalue weighted by Crippen LogP contribution is -2.46. The van der Waals surface area contributed by atoms with Gasteiger partial charge in [-0.05, 0) is 6.92 Å². The Kier molecular flexibility index (Phi) is 4.53. The fourth-order valence-electron chi connectivity index (χ4n) is 1.82. The lowest BCUT2D eigenvalue weighted by Gasteiger charge is -2.15. The molecule has 0 aliphatic heterocycles. The molecule has 0 saturated heterocycles. The molecule has 2 aromatic rings. The van der Waals surface area contributed by atoms with Crippen molar-refractivity contribution in [3.8, 4) is 0 Å². The SMILES string of the molecule is CCOC[Si](c1ccccc1)c1ccccc1. The van der Waals surface area contributed by atoms with Crippen LogP contribution >= 0.6 is 0 Å². The van der Waals surface area contributed by atoms with E-state index in [1.165, 1.54) is 10.4 Å². The molecule has 0 bridgehead atoms. The lowest BCUT2D eigenvalue weighted by atomic mass is 10.4. The molecule has 17 heavy (non-hydrogen) atoms. The summed E-state index contributed by atoms with van der Waals surface area (Å²) in [5.41, 5.74) is 0. The van der Waals surface area contributed by atoms with Crippen LogP contribution in [0.1, 0.15) is 6.92 Å². The third kappa shape index (κ3) is 3.28. The number of hydrogen-bond acceptors (Lipinski definition) is 1. The van der Waals surface area contributed by atoms with Crippen LogP contribution in [0.25, 0.3) is 0 Å². The molecule has 0 unspecified atom stereocenters. The van der Waals surface area contributed by atoms with Gasteiger partial charge in [0.2, 0.25) is 0 Å². The second kappa shape index (κ2) is 6.38. The van der Waals surface area contributed by atoms with Crippen molar-refractivity contribution in [2.75, 3.05) is 12.8 Å². The number of ether oxygens (including phenoxy) is 1. The van der Waals surface area contributed by atoms with E-state index < -0.39 is 8.80 Å². The van der Waals surface area contributed by atoms with Gasteiger partial charge in [-0.3, -0.25) is 0 Å². The first-order valence-corrected chi connectivity index (χ1v) is 7.67. The van der Waals surface area contributed by atoms with Gasteiger partial charge in [0, 0.05) is 12.8 Å². The minimum atomic E-state index is -0.785. The fraction of sp³-hybridized carbons (Fsp3) is 0.200. The van der Waals surface area contributed by atoms with Crippen molar-refractivity contribution < 1.29 is 4.74 Å². The molecule has 2 heteroatoms. The summed E-state index contributed by atoms with van der Waals surface area (Å²) in [6, 6.07) is 21.4. The first kappa shape index (κ1) is 12.1. The predicted octanol–water partition coefficient (Wildman–Crippen LogP) is 1.87. The first-order chi connectivity index (χ1) is 8.42. The Morgan fingerprint density at radius 2 is 1.29 bits per heavy atom. The summed E-state index contributed by atoms with van der Waals surface area (Å²) >= 11 is 0. The van der Waals surface area contributed by atoms with Gasteiger partial charge in [0.15, 0.2) is 8.80 Å². The van der Waals surface area contributed by atoms with Crippen LogP contribution in [0.2, 0.25) is 0 Å². The molecule has 0 spiro atoms.